The van der Waals surface area contributed by atoms with Gasteiger partial charge in [-0.3, -0.25) is 0 Å². The smallest absolute Gasteiger partial charge is 0.319 e. The molecule has 0 heterocycles. The first-order valence-electron chi connectivity index (χ1n) is 5.67. The molecule has 100 valence electrons. The van der Waals surface area contributed by atoms with Crippen LogP contribution in [0, 0.1) is 0 Å². The first-order valence-corrected chi connectivity index (χ1v) is 6.05. The molecule has 0 saturated heterocycles. The lowest BCUT2D eigenvalue weighted by Crippen LogP contribution is -2.30. The summed E-state index contributed by atoms with van der Waals surface area (Å²) in [5.74, 6) is 0. The number of urea groups is 1. The van der Waals surface area contributed by atoms with Crippen molar-refractivity contribution in [2.75, 3.05) is 37.5 Å². The van der Waals surface area contributed by atoms with Crippen molar-refractivity contribution in [2.24, 2.45) is 0 Å². The minimum absolute atomic E-state index is 0.0559. The van der Waals surface area contributed by atoms with Gasteiger partial charge in [0.05, 0.1) is 11.4 Å². The van der Waals surface area contributed by atoms with Crippen LogP contribution in [-0.4, -0.2) is 38.4 Å². The Morgan fingerprint density at radius 3 is 2.78 bits per heavy atom. The van der Waals surface area contributed by atoms with Crippen LogP contribution in [0.4, 0.5) is 16.2 Å². The number of hydrogen-bond acceptors (Lipinski definition) is 3. The lowest BCUT2D eigenvalue weighted by Gasteiger charge is -2.18. The molecule has 0 aliphatic heterocycles. The van der Waals surface area contributed by atoms with E-state index in [2.05, 4.69) is 10.6 Å². The topological polar surface area (TPSA) is 64.6 Å². The predicted octanol–water partition coefficient (Wildman–Crippen LogP) is 1.91. The number of benzene rings is 1. The number of amides is 2. The standard InChI is InChI=1S/C12H18ClN3O2/c1-16(2)11-5-4-9(13)8-10(11)15-12(18)14-6-3-7-17/h4-5,8,17H,3,6-7H2,1-2H3,(H2,14,15,18). The van der Waals surface area contributed by atoms with Crippen molar-refractivity contribution >= 4 is 29.0 Å². The molecule has 0 bridgehead atoms. The molecule has 0 atom stereocenters. The van der Waals surface area contributed by atoms with Gasteiger partial charge in [0.15, 0.2) is 0 Å². The van der Waals surface area contributed by atoms with E-state index in [9.17, 15) is 4.79 Å². The molecule has 0 saturated carbocycles. The molecule has 0 aliphatic carbocycles. The molecule has 1 aromatic carbocycles. The van der Waals surface area contributed by atoms with Gasteiger partial charge in [0, 0.05) is 32.3 Å². The summed E-state index contributed by atoms with van der Waals surface area (Å²) in [6.45, 7) is 0.487. The second-order valence-corrected chi connectivity index (χ2v) is 4.45. The van der Waals surface area contributed by atoms with Crippen LogP contribution in [0.25, 0.3) is 0 Å². The average molecular weight is 272 g/mol. The molecule has 6 heteroatoms. The number of nitrogens with zero attached hydrogens (tertiary/aromatic N) is 1. The number of rotatable bonds is 5. The average Bonchev–Trinajstić information content (AvgIpc) is 2.29. The van der Waals surface area contributed by atoms with Gasteiger partial charge in [0.1, 0.15) is 0 Å². The highest BCUT2D eigenvalue weighted by atomic mass is 35.5. The van der Waals surface area contributed by atoms with E-state index in [1.54, 1.807) is 12.1 Å². The molecule has 0 aromatic heterocycles. The maximum Gasteiger partial charge on any atom is 0.319 e. The van der Waals surface area contributed by atoms with E-state index in [1.165, 1.54) is 0 Å². The fourth-order valence-corrected chi connectivity index (χ4v) is 1.62. The van der Waals surface area contributed by atoms with Gasteiger partial charge in [-0.2, -0.15) is 0 Å². The zero-order valence-electron chi connectivity index (χ0n) is 10.5. The molecule has 3 N–H and O–H groups in total. The molecule has 5 nitrogen and oxygen atoms in total. The molecule has 2 amide bonds. The highest BCUT2D eigenvalue weighted by molar-refractivity contribution is 6.31. The normalized spacial score (nSPS) is 10.0. The zero-order valence-corrected chi connectivity index (χ0v) is 11.3. The molecule has 0 radical (unpaired) electrons. The summed E-state index contributed by atoms with van der Waals surface area (Å²) in [6.07, 6.45) is 0.531. The Morgan fingerprint density at radius 2 is 2.17 bits per heavy atom. The van der Waals surface area contributed by atoms with E-state index >= 15 is 0 Å². The van der Waals surface area contributed by atoms with E-state index in [1.807, 2.05) is 25.1 Å². The predicted molar refractivity (Wildman–Crippen MR) is 74.5 cm³/mol. The quantitative estimate of drug-likeness (QED) is 0.717. The van der Waals surface area contributed by atoms with Gasteiger partial charge in [0.25, 0.3) is 0 Å². The van der Waals surface area contributed by atoms with Gasteiger partial charge in [0.2, 0.25) is 0 Å². The maximum absolute atomic E-state index is 11.6. The minimum atomic E-state index is -0.311. The Balaban J connectivity index is 2.70. The van der Waals surface area contributed by atoms with Crippen molar-refractivity contribution in [2.45, 2.75) is 6.42 Å². The monoisotopic (exact) mass is 271 g/mol. The number of carbonyl (C=O) groups excluding carboxylic acids is 1. The van der Waals surface area contributed by atoms with E-state index in [-0.39, 0.29) is 12.6 Å². The van der Waals surface area contributed by atoms with Gasteiger partial charge in [-0.1, -0.05) is 11.6 Å². The Bertz CT molecular complexity index is 410. The Morgan fingerprint density at radius 1 is 1.44 bits per heavy atom. The lowest BCUT2D eigenvalue weighted by atomic mass is 10.2. The van der Waals surface area contributed by atoms with E-state index in [0.29, 0.717) is 23.7 Å². The second-order valence-electron chi connectivity index (χ2n) is 4.01. The number of nitrogens with one attached hydrogen (secondary N) is 2. The summed E-state index contributed by atoms with van der Waals surface area (Å²) in [5.41, 5.74) is 1.52. The van der Waals surface area contributed by atoms with E-state index in [4.69, 9.17) is 16.7 Å². The highest BCUT2D eigenvalue weighted by Gasteiger charge is 2.08. The van der Waals surface area contributed by atoms with Gasteiger partial charge in [-0.15, -0.1) is 0 Å². The molecule has 0 fully saturated rings. The number of aliphatic hydroxyl groups excluding tert-OH is 1. The van der Waals surface area contributed by atoms with Crippen molar-refractivity contribution < 1.29 is 9.90 Å². The van der Waals surface area contributed by atoms with Gasteiger partial charge in [-0.05, 0) is 24.6 Å². The molecule has 1 rings (SSSR count). The van der Waals surface area contributed by atoms with Crippen molar-refractivity contribution in [3.63, 3.8) is 0 Å². The van der Waals surface area contributed by atoms with Crippen LogP contribution in [0.15, 0.2) is 18.2 Å². The Hall–Kier alpha value is -1.46. The van der Waals surface area contributed by atoms with Crippen LogP contribution >= 0.6 is 11.6 Å². The largest absolute Gasteiger partial charge is 0.396 e. The summed E-state index contributed by atoms with van der Waals surface area (Å²) in [7, 11) is 3.77. The van der Waals surface area contributed by atoms with Crippen molar-refractivity contribution in [1.29, 1.82) is 0 Å². The third-order valence-electron chi connectivity index (χ3n) is 2.31. The number of carbonyl (C=O) groups is 1. The van der Waals surface area contributed by atoms with Crippen molar-refractivity contribution in [3.8, 4) is 0 Å². The van der Waals surface area contributed by atoms with Crippen LogP contribution in [0.5, 0.6) is 0 Å². The van der Waals surface area contributed by atoms with Crippen LogP contribution < -0.4 is 15.5 Å². The molecule has 0 unspecified atom stereocenters. The SMILES string of the molecule is CN(C)c1ccc(Cl)cc1NC(=O)NCCCO. The van der Waals surface area contributed by atoms with E-state index < -0.39 is 0 Å². The molecule has 0 spiro atoms. The summed E-state index contributed by atoms with van der Waals surface area (Å²) >= 11 is 5.91. The summed E-state index contributed by atoms with van der Waals surface area (Å²) in [5, 5.41) is 14.6. The van der Waals surface area contributed by atoms with Crippen LogP contribution in [-0.2, 0) is 0 Å². The van der Waals surface area contributed by atoms with Gasteiger partial charge in [-0.25, -0.2) is 4.79 Å². The van der Waals surface area contributed by atoms with Gasteiger partial charge >= 0.3 is 6.03 Å². The zero-order chi connectivity index (χ0) is 13.5. The summed E-state index contributed by atoms with van der Waals surface area (Å²) in [6, 6.07) is 4.99. The summed E-state index contributed by atoms with van der Waals surface area (Å²) in [4.78, 5) is 13.5. The van der Waals surface area contributed by atoms with Crippen LogP contribution in [0.2, 0.25) is 5.02 Å². The van der Waals surface area contributed by atoms with E-state index in [0.717, 1.165) is 5.69 Å². The number of hydrogen-bond donors (Lipinski definition) is 3. The minimum Gasteiger partial charge on any atom is -0.396 e. The third-order valence-corrected chi connectivity index (χ3v) is 2.54. The summed E-state index contributed by atoms with van der Waals surface area (Å²) < 4.78 is 0. The fraction of sp³-hybridized carbons (Fsp3) is 0.417. The Labute approximate surface area is 112 Å². The molecular weight excluding hydrogens is 254 g/mol. The molecular formula is C12H18ClN3O2. The van der Waals surface area contributed by atoms with Crippen LogP contribution in [0.1, 0.15) is 6.42 Å². The first-order chi connectivity index (χ1) is 8.54. The van der Waals surface area contributed by atoms with Crippen LogP contribution in [0.3, 0.4) is 0 Å². The molecule has 1 aromatic rings. The molecule has 0 aliphatic rings. The second kappa shape index (κ2) is 7.08. The first kappa shape index (κ1) is 14.6. The number of anilines is 2. The van der Waals surface area contributed by atoms with Gasteiger partial charge < -0.3 is 20.6 Å². The highest BCUT2D eigenvalue weighted by Crippen LogP contribution is 2.27. The Kier molecular flexibility index (Phi) is 5.74. The van der Waals surface area contributed by atoms with Crippen molar-refractivity contribution in [1.82, 2.24) is 5.32 Å². The lowest BCUT2D eigenvalue weighted by molar-refractivity contribution is 0.249. The maximum atomic E-state index is 11.6. The van der Waals surface area contributed by atoms with Crippen molar-refractivity contribution in [3.05, 3.63) is 23.2 Å². The third kappa shape index (κ3) is 4.43. The number of halogens is 1. The fourth-order valence-electron chi connectivity index (χ4n) is 1.45. The number of aliphatic hydroxyl groups is 1. The molecule has 18 heavy (non-hydrogen) atoms.